The van der Waals surface area contributed by atoms with Crippen molar-refractivity contribution in [2.75, 3.05) is 0 Å². The summed E-state index contributed by atoms with van der Waals surface area (Å²) in [7, 11) is -0.430. The smallest absolute Gasteiger partial charge is 0.112 e. The molecule has 0 aliphatic carbocycles. The molecule has 0 aliphatic rings. The van der Waals surface area contributed by atoms with Crippen LogP contribution in [0.1, 0.15) is 32.6 Å². The van der Waals surface area contributed by atoms with E-state index in [0.29, 0.717) is 6.71 Å². The standard InChI is InChI=1S/C17H30BSi/c1-7-11-13-16(12-8-2)17(19(5)6)18(14-9-3)15-10-4/h8-10H,2-4,7,11-15H2,1,5-6H3/b17-16-. The highest BCUT2D eigenvalue weighted by molar-refractivity contribution is 6.88. The zero-order valence-corrected chi connectivity index (χ0v) is 14.2. The summed E-state index contributed by atoms with van der Waals surface area (Å²) in [6.07, 6.45) is 13.2. The summed E-state index contributed by atoms with van der Waals surface area (Å²) in [4.78, 5) is 0. The molecule has 0 atom stereocenters. The second-order valence-corrected chi connectivity index (χ2v) is 7.90. The van der Waals surface area contributed by atoms with Crippen molar-refractivity contribution in [3.8, 4) is 0 Å². The van der Waals surface area contributed by atoms with Crippen molar-refractivity contribution in [3.63, 3.8) is 0 Å². The first-order valence-electron chi connectivity index (χ1n) is 7.47. The van der Waals surface area contributed by atoms with E-state index in [-0.39, 0.29) is 0 Å². The van der Waals surface area contributed by atoms with Crippen molar-refractivity contribution >= 4 is 15.5 Å². The summed E-state index contributed by atoms with van der Waals surface area (Å²) in [6.45, 7) is 19.5. The Labute approximate surface area is 123 Å². The van der Waals surface area contributed by atoms with Crippen molar-refractivity contribution < 1.29 is 0 Å². The maximum absolute atomic E-state index is 3.94. The minimum Gasteiger partial charge on any atom is -0.112 e. The normalized spacial score (nSPS) is 12.0. The Morgan fingerprint density at radius 3 is 2.00 bits per heavy atom. The Hall–Kier alpha value is -0.758. The molecule has 0 aromatic rings. The van der Waals surface area contributed by atoms with Gasteiger partial charge in [0.2, 0.25) is 0 Å². The van der Waals surface area contributed by atoms with Gasteiger partial charge in [-0.15, -0.1) is 24.8 Å². The van der Waals surface area contributed by atoms with Gasteiger partial charge in [0.15, 0.2) is 6.71 Å². The predicted octanol–water partition coefficient (Wildman–Crippen LogP) is 5.75. The quantitative estimate of drug-likeness (QED) is 0.332. The average Bonchev–Trinajstić information content (AvgIpc) is 2.36. The first-order valence-corrected chi connectivity index (χ1v) is 9.97. The minimum atomic E-state index is -0.430. The molecule has 0 aliphatic heterocycles. The highest BCUT2D eigenvalue weighted by Crippen LogP contribution is 2.25. The monoisotopic (exact) mass is 273 g/mol. The minimum absolute atomic E-state index is 0.430. The fraction of sp³-hybridized carbons (Fsp3) is 0.529. The lowest BCUT2D eigenvalue weighted by atomic mass is 9.43. The van der Waals surface area contributed by atoms with Gasteiger partial charge in [0.05, 0.1) is 8.80 Å². The maximum atomic E-state index is 3.94. The number of hydrogen-bond donors (Lipinski definition) is 0. The molecule has 0 nitrogen and oxygen atoms in total. The van der Waals surface area contributed by atoms with Gasteiger partial charge in [-0.3, -0.25) is 0 Å². The Morgan fingerprint density at radius 1 is 1.05 bits per heavy atom. The summed E-state index contributed by atoms with van der Waals surface area (Å²) in [5.41, 5.74) is 1.64. The molecule has 0 heterocycles. The molecule has 0 saturated heterocycles. The van der Waals surface area contributed by atoms with Gasteiger partial charge >= 0.3 is 0 Å². The predicted molar refractivity (Wildman–Crippen MR) is 94.6 cm³/mol. The van der Waals surface area contributed by atoms with E-state index in [0.717, 1.165) is 19.1 Å². The van der Waals surface area contributed by atoms with E-state index in [2.05, 4.69) is 58.0 Å². The summed E-state index contributed by atoms with van der Waals surface area (Å²) in [5.74, 6) is 0. The second kappa shape index (κ2) is 11.1. The number of allylic oxidation sites excluding steroid dienone is 4. The molecule has 0 fully saturated rings. The maximum Gasteiger partial charge on any atom is 0.173 e. The SMILES string of the molecule is C=CCB(CC=C)/C(=C(\CC=C)CCCC)[Si](C)C. The summed E-state index contributed by atoms with van der Waals surface area (Å²) in [5, 5.41) is 1.72. The van der Waals surface area contributed by atoms with Crippen LogP contribution in [0.3, 0.4) is 0 Å². The Balaban J connectivity index is 5.39. The van der Waals surface area contributed by atoms with Crippen LogP contribution in [0.2, 0.25) is 25.7 Å². The molecule has 0 N–H and O–H groups in total. The van der Waals surface area contributed by atoms with Gasteiger partial charge in [0, 0.05) is 0 Å². The van der Waals surface area contributed by atoms with Crippen LogP contribution in [0.4, 0.5) is 0 Å². The van der Waals surface area contributed by atoms with Crippen molar-refractivity contribution in [1.82, 2.24) is 0 Å². The lowest BCUT2D eigenvalue weighted by molar-refractivity contribution is 0.775. The van der Waals surface area contributed by atoms with Gasteiger partial charge in [-0.25, -0.2) is 0 Å². The lowest BCUT2D eigenvalue weighted by Crippen LogP contribution is -2.26. The van der Waals surface area contributed by atoms with Crippen molar-refractivity contribution in [3.05, 3.63) is 48.6 Å². The molecule has 1 radical (unpaired) electrons. The van der Waals surface area contributed by atoms with Crippen LogP contribution in [0.25, 0.3) is 0 Å². The zero-order valence-electron chi connectivity index (χ0n) is 13.2. The Bertz CT molecular complexity index is 305. The first-order chi connectivity index (χ1) is 9.12. The van der Waals surface area contributed by atoms with Crippen molar-refractivity contribution in [2.24, 2.45) is 0 Å². The molecule has 19 heavy (non-hydrogen) atoms. The van der Waals surface area contributed by atoms with E-state index in [9.17, 15) is 0 Å². The molecule has 0 bridgehead atoms. The van der Waals surface area contributed by atoms with Crippen LogP contribution in [-0.4, -0.2) is 15.5 Å². The molecular weight excluding hydrogens is 243 g/mol. The molecule has 0 aromatic carbocycles. The number of hydrogen-bond acceptors (Lipinski definition) is 0. The number of rotatable bonds is 11. The van der Waals surface area contributed by atoms with Crippen LogP contribution < -0.4 is 0 Å². The topological polar surface area (TPSA) is 0 Å². The Kier molecular flexibility index (Phi) is 10.7. The van der Waals surface area contributed by atoms with Crippen LogP contribution in [0.15, 0.2) is 48.6 Å². The van der Waals surface area contributed by atoms with Gasteiger partial charge in [-0.05, 0) is 19.3 Å². The molecule has 0 saturated carbocycles. The summed E-state index contributed by atoms with van der Waals surface area (Å²) >= 11 is 0. The van der Waals surface area contributed by atoms with E-state index >= 15 is 0 Å². The van der Waals surface area contributed by atoms with Crippen molar-refractivity contribution in [1.29, 1.82) is 0 Å². The second-order valence-electron chi connectivity index (χ2n) is 5.36. The van der Waals surface area contributed by atoms with Gasteiger partial charge in [0.1, 0.15) is 0 Å². The third kappa shape index (κ3) is 6.82. The molecule has 105 valence electrons. The van der Waals surface area contributed by atoms with E-state index < -0.39 is 8.80 Å². The van der Waals surface area contributed by atoms with Crippen LogP contribution in [0, 0.1) is 0 Å². The zero-order chi connectivity index (χ0) is 14.7. The fourth-order valence-electron chi connectivity index (χ4n) is 2.70. The van der Waals surface area contributed by atoms with Gasteiger partial charge < -0.3 is 0 Å². The third-order valence-electron chi connectivity index (χ3n) is 3.45. The molecule has 0 rings (SSSR count). The molecule has 0 aromatic heterocycles. The van der Waals surface area contributed by atoms with Crippen LogP contribution >= 0.6 is 0 Å². The highest BCUT2D eigenvalue weighted by atomic mass is 28.3. The van der Waals surface area contributed by atoms with E-state index in [1.54, 1.807) is 10.7 Å². The molecule has 0 unspecified atom stereocenters. The molecule has 0 amide bonds. The van der Waals surface area contributed by atoms with Crippen LogP contribution in [0.5, 0.6) is 0 Å². The third-order valence-corrected chi connectivity index (χ3v) is 5.29. The molecular formula is C17H30BSi. The van der Waals surface area contributed by atoms with Gasteiger partial charge in [-0.1, -0.05) is 62.9 Å². The first kappa shape index (κ1) is 18.2. The molecule has 0 spiro atoms. The summed E-state index contributed by atoms with van der Waals surface area (Å²) < 4.78 is 0. The Morgan fingerprint density at radius 2 is 1.63 bits per heavy atom. The van der Waals surface area contributed by atoms with E-state index in [1.165, 1.54) is 19.3 Å². The average molecular weight is 273 g/mol. The van der Waals surface area contributed by atoms with Gasteiger partial charge in [0.25, 0.3) is 0 Å². The van der Waals surface area contributed by atoms with E-state index in [1.807, 2.05) is 0 Å². The fourth-order valence-corrected chi connectivity index (χ4v) is 4.68. The van der Waals surface area contributed by atoms with Gasteiger partial charge in [-0.2, -0.15) is 0 Å². The van der Waals surface area contributed by atoms with Crippen molar-refractivity contribution in [2.45, 2.75) is 58.3 Å². The number of unbranched alkanes of at least 4 members (excludes halogenated alkanes) is 1. The highest BCUT2D eigenvalue weighted by Gasteiger charge is 2.22. The summed E-state index contributed by atoms with van der Waals surface area (Å²) in [6, 6.07) is 0. The van der Waals surface area contributed by atoms with Crippen LogP contribution in [-0.2, 0) is 0 Å². The lowest BCUT2D eigenvalue weighted by Gasteiger charge is -2.23. The molecule has 2 heteroatoms. The largest absolute Gasteiger partial charge is 0.173 e. The van der Waals surface area contributed by atoms with E-state index in [4.69, 9.17) is 0 Å².